The molecule has 120 valence electrons. The summed E-state index contributed by atoms with van der Waals surface area (Å²) >= 11 is 0. The van der Waals surface area contributed by atoms with Crippen LogP contribution in [0.2, 0.25) is 0 Å². The van der Waals surface area contributed by atoms with Crippen LogP contribution in [0.25, 0.3) is 0 Å². The van der Waals surface area contributed by atoms with E-state index < -0.39 is 0 Å². The first-order chi connectivity index (χ1) is 10.3. The number of rotatable bonds is 2. The van der Waals surface area contributed by atoms with E-state index in [0.717, 1.165) is 6.67 Å². The van der Waals surface area contributed by atoms with Crippen LogP contribution in [0.1, 0.15) is 47.0 Å². The third-order valence-electron chi connectivity index (χ3n) is 5.15. The van der Waals surface area contributed by atoms with Gasteiger partial charge in [0.1, 0.15) is 0 Å². The molecule has 2 nitrogen and oxygen atoms in total. The van der Waals surface area contributed by atoms with E-state index in [0.29, 0.717) is 16.7 Å². The average molecular weight is 298 g/mol. The third kappa shape index (κ3) is 3.16. The molecule has 1 aromatic carbocycles. The van der Waals surface area contributed by atoms with Gasteiger partial charge in [-0.05, 0) is 42.2 Å². The van der Waals surface area contributed by atoms with Gasteiger partial charge in [0.15, 0.2) is 0 Å². The van der Waals surface area contributed by atoms with Gasteiger partial charge in [0, 0.05) is 30.5 Å². The summed E-state index contributed by atoms with van der Waals surface area (Å²) in [4.78, 5) is 4.82. The van der Waals surface area contributed by atoms with Crippen molar-refractivity contribution in [2.24, 2.45) is 16.7 Å². The fourth-order valence-corrected chi connectivity index (χ4v) is 4.86. The predicted molar refractivity (Wildman–Crippen MR) is 94.5 cm³/mol. The van der Waals surface area contributed by atoms with Crippen molar-refractivity contribution in [2.75, 3.05) is 18.6 Å². The summed E-state index contributed by atoms with van der Waals surface area (Å²) in [6, 6.07) is 10.7. The van der Waals surface area contributed by atoms with E-state index in [1.807, 2.05) is 0 Å². The van der Waals surface area contributed by atoms with Gasteiger partial charge in [0.2, 0.25) is 0 Å². The largest absolute Gasteiger partial charge is 0.358 e. The van der Waals surface area contributed by atoms with Gasteiger partial charge in [-0.3, -0.25) is 0 Å². The molecule has 2 aliphatic rings. The van der Waals surface area contributed by atoms with Crippen LogP contribution in [0.3, 0.4) is 0 Å². The molecule has 1 aromatic rings. The Balaban J connectivity index is 1.84. The molecule has 1 aliphatic carbocycles. The fraction of sp³-hybridized carbons (Fsp3) is 0.600. The number of hydrogen-bond donors (Lipinski definition) is 0. The van der Waals surface area contributed by atoms with Crippen LogP contribution >= 0.6 is 0 Å². The van der Waals surface area contributed by atoms with E-state index in [-0.39, 0.29) is 0 Å². The maximum atomic E-state index is 2.44. The minimum absolute atomic E-state index is 0.439. The van der Waals surface area contributed by atoms with Gasteiger partial charge < -0.3 is 9.80 Å². The molecule has 0 saturated heterocycles. The van der Waals surface area contributed by atoms with Crippen molar-refractivity contribution < 1.29 is 0 Å². The zero-order chi connectivity index (χ0) is 16.0. The zero-order valence-electron chi connectivity index (χ0n) is 14.8. The Hall–Kier alpha value is -1.44. The Morgan fingerprint density at radius 2 is 1.55 bits per heavy atom. The van der Waals surface area contributed by atoms with Crippen molar-refractivity contribution in [3.8, 4) is 0 Å². The van der Waals surface area contributed by atoms with Gasteiger partial charge in [0.25, 0.3) is 0 Å². The number of nitrogens with zero attached hydrogens (tertiary/aromatic N) is 2. The lowest BCUT2D eigenvalue weighted by molar-refractivity contribution is 0.0728. The summed E-state index contributed by atoms with van der Waals surface area (Å²) in [5.41, 5.74) is 3.69. The summed E-state index contributed by atoms with van der Waals surface area (Å²) in [5, 5.41) is 0. The Morgan fingerprint density at radius 1 is 0.955 bits per heavy atom. The van der Waals surface area contributed by atoms with E-state index in [2.05, 4.69) is 81.1 Å². The van der Waals surface area contributed by atoms with Crippen LogP contribution in [0, 0.1) is 16.7 Å². The summed E-state index contributed by atoms with van der Waals surface area (Å²) in [7, 11) is 2.24. The Kier molecular flexibility index (Phi) is 3.74. The van der Waals surface area contributed by atoms with E-state index in [9.17, 15) is 0 Å². The van der Waals surface area contributed by atoms with Crippen LogP contribution in [0.15, 0.2) is 42.2 Å². The maximum absolute atomic E-state index is 2.44. The highest BCUT2D eigenvalue weighted by molar-refractivity contribution is 5.51. The quantitative estimate of drug-likeness (QED) is 0.750. The summed E-state index contributed by atoms with van der Waals surface area (Å²) in [6.45, 7) is 10.7. The van der Waals surface area contributed by atoms with Gasteiger partial charge in [-0.15, -0.1) is 0 Å². The van der Waals surface area contributed by atoms with Crippen molar-refractivity contribution in [2.45, 2.75) is 47.0 Å². The number of benzene rings is 1. The third-order valence-corrected chi connectivity index (χ3v) is 5.15. The van der Waals surface area contributed by atoms with E-state index in [1.54, 1.807) is 0 Å². The van der Waals surface area contributed by atoms with Crippen molar-refractivity contribution in [1.29, 1.82) is 0 Å². The molecule has 1 heterocycles. The first-order valence-electron chi connectivity index (χ1n) is 8.50. The summed E-state index contributed by atoms with van der Waals surface area (Å²) < 4.78 is 0. The van der Waals surface area contributed by atoms with Gasteiger partial charge in [-0.2, -0.15) is 0 Å². The molecule has 22 heavy (non-hydrogen) atoms. The normalized spacial score (nSPS) is 24.5. The summed E-state index contributed by atoms with van der Waals surface area (Å²) in [6.07, 6.45) is 6.32. The minimum Gasteiger partial charge on any atom is -0.358 e. The van der Waals surface area contributed by atoms with Crippen molar-refractivity contribution in [3.05, 3.63) is 42.2 Å². The Bertz CT molecular complexity index is 540. The first-order valence-corrected chi connectivity index (χ1v) is 8.50. The van der Waals surface area contributed by atoms with Gasteiger partial charge in [-0.25, -0.2) is 0 Å². The highest BCUT2D eigenvalue weighted by Gasteiger charge is 2.41. The van der Waals surface area contributed by atoms with E-state index in [1.165, 1.54) is 30.6 Å². The standard InChI is InChI=1S/C20H30N2/c1-19(2)11-16(12-20(3,4)14-19)18-13-22(15-21(18)5)17-9-7-6-8-10-17/h6-10,13,16H,11-12,14-15H2,1-5H3. The molecule has 1 saturated carbocycles. The minimum atomic E-state index is 0.439. The van der Waals surface area contributed by atoms with Gasteiger partial charge in [-0.1, -0.05) is 45.9 Å². The molecule has 0 bridgehead atoms. The molecule has 1 aliphatic heterocycles. The van der Waals surface area contributed by atoms with Crippen LogP contribution in [-0.4, -0.2) is 18.6 Å². The Labute approximate surface area is 135 Å². The predicted octanol–water partition coefficient (Wildman–Crippen LogP) is 5.09. The number of hydrogen-bond acceptors (Lipinski definition) is 2. The fourth-order valence-electron chi connectivity index (χ4n) is 4.86. The first kappa shape index (κ1) is 15.5. The number of anilines is 1. The van der Waals surface area contributed by atoms with Crippen molar-refractivity contribution >= 4 is 5.69 Å². The highest BCUT2D eigenvalue weighted by atomic mass is 15.3. The van der Waals surface area contributed by atoms with Crippen LogP contribution in [0.4, 0.5) is 5.69 Å². The van der Waals surface area contributed by atoms with Gasteiger partial charge >= 0.3 is 0 Å². The molecule has 0 unspecified atom stereocenters. The molecule has 1 fully saturated rings. The molecule has 0 atom stereocenters. The molecule has 0 spiro atoms. The van der Waals surface area contributed by atoms with E-state index >= 15 is 0 Å². The van der Waals surface area contributed by atoms with Crippen LogP contribution in [0.5, 0.6) is 0 Å². The van der Waals surface area contributed by atoms with E-state index in [4.69, 9.17) is 0 Å². The molecule has 2 heteroatoms. The molecular formula is C20H30N2. The van der Waals surface area contributed by atoms with Crippen LogP contribution < -0.4 is 4.90 Å². The molecule has 0 amide bonds. The second-order valence-electron chi connectivity index (χ2n) is 8.81. The summed E-state index contributed by atoms with van der Waals surface area (Å²) in [5.74, 6) is 0.678. The second-order valence-corrected chi connectivity index (χ2v) is 8.81. The van der Waals surface area contributed by atoms with Crippen LogP contribution in [-0.2, 0) is 0 Å². The number of allylic oxidation sites excluding steroid dienone is 1. The van der Waals surface area contributed by atoms with Crippen molar-refractivity contribution in [1.82, 2.24) is 4.90 Å². The smallest absolute Gasteiger partial charge is 0.0941 e. The monoisotopic (exact) mass is 298 g/mol. The number of para-hydroxylation sites is 1. The molecule has 0 aromatic heterocycles. The lowest BCUT2D eigenvalue weighted by atomic mass is 9.61. The molecular weight excluding hydrogens is 268 g/mol. The molecule has 3 rings (SSSR count). The van der Waals surface area contributed by atoms with Crippen molar-refractivity contribution in [3.63, 3.8) is 0 Å². The van der Waals surface area contributed by atoms with Gasteiger partial charge in [0.05, 0.1) is 6.67 Å². The lowest BCUT2D eigenvalue weighted by Crippen LogP contribution is -2.36. The Morgan fingerprint density at radius 3 is 2.14 bits per heavy atom. The molecule has 0 radical (unpaired) electrons. The maximum Gasteiger partial charge on any atom is 0.0941 e. The average Bonchev–Trinajstić information content (AvgIpc) is 2.78. The second kappa shape index (κ2) is 5.33. The molecule has 0 N–H and O–H groups in total. The lowest BCUT2D eigenvalue weighted by Gasteiger charge is -2.46. The topological polar surface area (TPSA) is 6.48 Å². The zero-order valence-corrected chi connectivity index (χ0v) is 14.8. The SMILES string of the molecule is CN1CN(c2ccccc2)C=C1C1CC(C)(C)CC(C)(C)C1. The highest BCUT2D eigenvalue weighted by Crippen LogP contribution is 2.51.